The summed E-state index contributed by atoms with van der Waals surface area (Å²) in [5.41, 5.74) is 3.39. The van der Waals surface area contributed by atoms with Crippen molar-refractivity contribution in [1.29, 1.82) is 0 Å². The molecule has 2 aromatic carbocycles. The first-order chi connectivity index (χ1) is 13.5. The van der Waals surface area contributed by atoms with Crippen LogP contribution in [0.25, 0.3) is 22.8 Å². The average molecular weight is 401 g/mol. The molecule has 7 heteroatoms. The molecule has 0 atom stereocenters. The summed E-state index contributed by atoms with van der Waals surface area (Å²) in [4.78, 5) is 4.50. The van der Waals surface area contributed by atoms with Crippen LogP contribution in [0.4, 0.5) is 0 Å². The normalized spacial score (nSPS) is 14.8. The summed E-state index contributed by atoms with van der Waals surface area (Å²) in [5, 5.41) is 4.60. The maximum atomic E-state index is 6.44. The standard InChI is InChI=1S/C21H21ClN2O4/c1-12(2)27-18-7-5-14(10-13(18)3)20-23-19(24-28-20)16-6-4-15(11-17(16)22)21-25-8-9-26-21/h4-7,10-12,21H,8-9H2,1-3H3. The van der Waals surface area contributed by atoms with Crippen LogP contribution in [0.2, 0.25) is 5.02 Å². The first-order valence-electron chi connectivity index (χ1n) is 9.15. The third-order valence-corrected chi connectivity index (χ3v) is 4.65. The molecule has 3 aromatic rings. The molecule has 28 heavy (non-hydrogen) atoms. The second kappa shape index (κ2) is 7.91. The summed E-state index contributed by atoms with van der Waals surface area (Å²) in [6, 6.07) is 11.3. The number of hydrogen-bond acceptors (Lipinski definition) is 6. The van der Waals surface area contributed by atoms with Crippen molar-refractivity contribution in [2.24, 2.45) is 0 Å². The zero-order valence-electron chi connectivity index (χ0n) is 15.9. The van der Waals surface area contributed by atoms with Crippen LogP contribution in [0, 0.1) is 6.92 Å². The van der Waals surface area contributed by atoms with Crippen molar-refractivity contribution >= 4 is 11.6 Å². The van der Waals surface area contributed by atoms with E-state index in [1.807, 2.05) is 57.2 Å². The predicted molar refractivity (Wildman–Crippen MR) is 105 cm³/mol. The number of aromatic nitrogens is 2. The van der Waals surface area contributed by atoms with Crippen LogP contribution in [-0.4, -0.2) is 29.5 Å². The minimum Gasteiger partial charge on any atom is -0.491 e. The van der Waals surface area contributed by atoms with Gasteiger partial charge in [-0.1, -0.05) is 22.8 Å². The van der Waals surface area contributed by atoms with Gasteiger partial charge in [0.2, 0.25) is 5.82 Å². The second-order valence-electron chi connectivity index (χ2n) is 6.88. The number of ether oxygens (including phenoxy) is 3. The average Bonchev–Trinajstić information content (AvgIpc) is 3.35. The highest BCUT2D eigenvalue weighted by molar-refractivity contribution is 6.33. The highest BCUT2D eigenvalue weighted by atomic mass is 35.5. The largest absolute Gasteiger partial charge is 0.491 e. The van der Waals surface area contributed by atoms with Crippen LogP contribution in [0.3, 0.4) is 0 Å². The van der Waals surface area contributed by atoms with Gasteiger partial charge >= 0.3 is 0 Å². The molecule has 0 spiro atoms. The van der Waals surface area contributed by atoms with E-state index in [9.17, 15) is 0 Å². The Morgan fingerprint density at radius 1 is 1.11 bits per heavy atom. The molecule has 0 radical (unpaired) electrons. The minimum absolute atomic E-state index is 0.115. The summed E-state index contributed by atoms with van der Waals surface area (Å²) in [6.07, 6.45) is -0.258. The fourth-order valence-electron chi connectivity index (χ4n) is 3.03. The van der Waals surface area contributed by atoms with Crippen LogP contribution in [-0.2, 0) is 9.47 Å². The lowest BCUT2D eigenvalue weighted by Gasteiger charge is -2.12. The number of aryl methyl sites for hydroxylation is 1. The number of halogens is 1. The van der Waals surface area contributed by atoms with Crippen molar-refractivity contribution in [3.8, 4) is 28.6 Å². The highest BCUT2D eigenvalue weighted by Gasteiger charge is 2.21. The van der Waals surface area contributed by atoms with Crippen molar-refractivity contribution in [1.82, 2.24) is 10.1 Å². The summed E-state index contributed by atoms with van der Waals surface area (Å²) in [7, 11) is 0. The zero-order valence-corrected chi connectivity index (χ0v) is 16.7. The van der Waals surface area contributed by atoms with E-state index >= 15 is 0 Å². The molecule has 0 N–H and O–H groups in total. The molecule has 2 heterocycles. The third-order valence-electron chi connectivity index (χ3n) is 4.34. The van der Waals surface area contributed by atoms with Crippen LogP contribution in [0.5, 0.6) is 5.75 Å². The number of hydrogen-bond donors (Lipinski definition) is 0. The van der Waals surface area contributed by atoms with Crippen LogP contribution in [0.15, 0.2) is 40.9 Å². The van der Waals surface area contributed by atoms with Gasteiger partial charge in [0.05, 0.1) is 24.3 Å². The van der Waals surface area contributed by atoms with Gasteiger partial charge in [-0.3, -0.25) is 0 Å². The van der Waals surface area contributed by atoms with Crippen LogP contribution < -0.4 is 4.74 Å². The van der Waals surface area contributed by atoms with Crippen molar-refractivity contribution in [3.63, 3.8) is 0 Å². The van der Waals surface area contributed by atoms with Gasteiger partial charge < -0.3 is 18.7 Å². The van der Waals surface area contributed by atoms with Gasteiger partial charge in [-0.2, -0.15) is 4.98 Å². The number of rotatable bonds is 5. The van der Waals surface area contributed by atoms with Crippen molar-refractivity contribution in [2.75, 3.05) is 13.2 Å². The molecular formula is C21H21ClN2O4. The SMILES string of the molecule is Cc1cc(-c2nc(-c3ccc(C4OCCO4)cc3Cl)no2)ccc1OC(C)C. The molecule has 4 rings (SSSR count). The maximum Gasteiger partial charge on any atom is 0.258 e. The molecule has 1 aliphatic rings. The Kier molecular flexibility index (Phi) is 5.35. The van der Waals surface area contributed by atoms with Crippen LogP contribution in [0.1, 0.15) is 31.3 Å². The van der Waals surface area contributed by atoms with E-state index in [0.717, 1.165) is 22.4 Å². The third kappa shape index (κ3) is 3.90. The molecule has 0 unspecified atom stereocenters. The molecule has 146 valence electrons. The smallest absolute Gasteiger partial charge is 0.258 e. The first kappa shape index (κ1) is 18.9. The lowest BCUT2D eigenvalue weighted by molar-refractivity contribution is -0.0441. The van der Waals surface area contributed by atoms with Crippen LogP contribution >= 0.6 is 11.6 Å². The van der Waals surface area contributed by atoms with E-state index in [0.29, 0.717) is 35.5 Å². The summed E-state index contributed by atoms with van der Waals surface area (Å²) in [6.45, 7) is 7.15. The topological polar surface area (TPSA) is 66.6 Å². The van der Waals surface area contributed by atoms with Gasteiger partial charge in [-0.25, -0.2) is 0 Å². The van der Waals surface area contributed by atoms with E-state index in [-0.39, 0.29) is 12.4 Å². The van der Waals surface area contributed by atoms with Crippen molar-refractivity contribution < 1.29 is 18.7 Å². The summed E-state index contributed by atoms with van der Waals surface area (Å²) < 4.78 is 22.2. The molecular weight excluding hydrogens is 380 g/mol. The number of benzene rings is 2. The Morgan fingerprint density at radius 3 is 2.57 bits per heavy atom. The monoisotopic (exact) mass is 400 g/mol. The highest BCUT2D eigenvalue weighted by Crippen LogP contribution is 2.33. The van der Waals surface area contributed by atoms with Crippen molar-refractivity contribution in [2.45, 2.75) is 33.2 Å². The maximum absolute atomic E-state index is 6.44. The molecule has 0 aliphatic carbocycles. The van der Waals surface area contributed by atoms with E-state index in [1.54, 1.807) is 0 Å². The van der Waals surface area contributed by atoms with Gasteiger partial charge in [-0.15, -0.1) is 0 Å². The van der Waals surface area contributed by atoms with E-state index in [4.69, 9.17) is 30.3 Å². The van der Waals surface area contributed by atoms with Crippen molar-refractivity contribution in [3.05, 3.63) is 52.5 Å². The number of nitrogens with zero attached hydrogens (tertiary/aromatic N) is 2. The molecule has 1 saturated heterocycles. The molecule has 1 fully saturated rings. The van der Waals surface area contributed by atoms with E-state index in [1.165, 1.54) is 0 Å². The molecule has 0 saturated carbocycles. The molecule has 1 aromatic heterocycles. The molecule has 1 aliphatic heterocycles. The second-order valence-corrected chi connectivity index (χ2v) is 7.29. The Labute approximate surface area is 168 Å². The Hall–Kier alpha value is -2.41. The lowest BCUT2D eigenvalue weighted by atomic mass is 10.1. The van der Waals surface area contributed by atoms with Gasteiger partial charge in [0.1, 0.15) is 5.75 Å². The fourth-order valence-corrected chi connectivity index (χ4v) is 3.30. The fraction of sp³-hybridized carbons (Fsp3) is 0.333. The van der Waals surface area contributed by atoms with Gasteiger partial charge in [0.25, 0.3) is 5.89 Å². The Morgan fingerprint density at radius 2 is 1.89 bits per heavy atom. The Balaban J connectivity index is 1.58. The first-order valence-corrected chi connectivity index (χ1v) is 9.53. The van der Waals surface area contributed by atoms with Gasteiger partial charge in [0.15, 0.2) is 6.29 Å². The predicted octanol–water partition coefficient (Wildman–Crippen LogP) is 5.20. The molecule has 6 nitrogen and oxygen atoms in total. The summed E-state index contributed by atoms with van der Waals surface area (Å²) >= 11 is 6.44. The zero-order chi connectivity index (χ0) is 19.7. The summed E-state index contributed by atoms with van der Waals surface area (Å²) in [5.74, 6) is 1.70. The Bertz CT molecular complexity index is 980. The minimum atomic E-state index is -0.373. The van der Waals surface area contributed by atoms with E-state index in [2.05, 4.69) is 10.1 Å². The molecule has 0 bridgehead atoms. The quantitative estimate of drug-likeness (QED) is 0.586. The molecule has 0 amide bonds. The van der Waals surface area contributed by atoms with Gasteiger partial charge in [-0.05, 0) is 56.7 Å². The lowest BCUT2D eigenvalue weighted by Crippen LogP contribution is -2.06. The van der Waals surface area contributed by atoms with Gasteiger partial charge in [0, 0.05) is 16.7 Å². The van der Waals surface area contributed by atoms with E-state index < -0.39 is 0 Å².